The molecule has 0 unspecified atom stereocenters. The summed E-state index contributed by atoms with van der Waals surface area (Å²) in [7, 11) is 0. The Labute approximate surface area is 126 Å². The topological polar surface area (TPSA) is 70.0 Å². The fourth-order valence-electron chi connectivity index (χ4n) is 2.34. The highest BCUT2D eigenvalue weighted by Gasteiger charge is 2.27. The summed E-state index contributed by atoms with van der Waals surface area (Å²) in [6.07, 6.45) is 1.72. The Kier molecular flexibility index (Phi) is 5.25. The van der Waals surface area contributed by atoms with Crippen molar-refractivity contribution in [3.63, 3.8) is 0 Å². The number of ether oxygens (including phenoxy) is 1. The summed E-state index contributed by atoms with van der Waals surface area (Å²) in [5, 5.41) is 20.2. The van der Waals surface area contributed by atoms with Crippen molar-refractivity contribution in [2.45, 2.75) is 18.9 Å². The van der Waals surface area contributed by atoms with Crippen molar-refractivity contribution in [2.75, 3.05) is 25.0 Å². The summed E-state index contributed by atoms with van der Waals surface area (Å²) in [4.78, 5) is 14.0. The minimum Gasteiger partial charge on any atom is -0.507 e. The zero-order valence-electron chi connectivity index (χ0n) is 11.1. The highest BCUT2D eigenvalue weighted by atomic mass is 79.9. The number of likely N-dealkylation sites (tertiary alicyclic amines) is 1. The second kappa shape index (κ2) is 6.95. The van der Waals surface area contributed by atoms with Gasteiger partial charge in [0, 0.05) is 18.4 Å². The Hall–Kier alpha value is -1.27. The van der Waals surface area contributed by atoms with Crippen LogP contribution in [-0.4, -0.2) is 52.2 Å². The molecule has 1 aliphatic heterocycles. The lowest BCUT2D eigenvalue weighted by molar-refractivity contribution is 0.0158. The van der Waals surface area contributed by atoms with Crippen molar-refractivity contribution in [3.8, 4) is 11.5 Å². The van der Waals surface area contributed by atoms with Crippen molar-refractivity contribution in [2.24, 2.45) is 0 Å². The maximum Gasteiger partial charge on any atom is 0.261 e. The van der Waals surface area contributed by atoms with Crippen molar-refractivity contribution in [1.82, 2.24) is 4.90 Å². The number of phenolic OH excluding ortho intramolecular Hbond substituents is 2. The lowest BCUT2D eigenvalue weighted by Gasteiger charge is -2.32. The third-order valence-corrected chi connectivity index (χ3v) is 3.72. The first-order chi connectivity index (χ1) is 9.63. The number of piperidine rings is 1. The van der Waals surface area contributed by atoms with Crippen LogP contribution < -0.4 is 0 Å². The van der Waals surface area contributed by atoms with Crippen LogP contribution >= 0.6 is 15.9 Å². The van der Waals surface area contributed by atoms with Crippen molar-refractivity contribution >= 4 is 21.8 Å². The van der Waals surface area contributed by atoms with E-state index in [1.54, 1.807) is 4.90 Å². The molecule has 2 rings (SSSR count). The fourth-order valence-corrected chi connectivity index (χ4v) is 2.53. The lowest BCUT2D eigenvalue weighted by atomic mass is 10.1. The molecule has 1 aliphatic rings. The molecule has 0 aliphatic carbocycles. The van der Waals surface area contributed by atoms with Gasteiger partial charge in [0.25, 0.3) is 5.91 Å². The van der Waals surface area contributed by atoms with Crippen LogP contribution in [0.1, 0.15) is 23.2 Å². The molecule has 1 heterocycles. The molecule has 5 nitrogen and oxygen atoms in total. The van der Waals surface area contributed by atoms with Crippen LogP contribution in [0.5, 0.6) is 11.5 Å². The Morgan fingerprint density at radius 3 is 2.45 bits per heavy atom. The summed E-state index contributed by atoms with van der Waals surface area (Å²) in [5.74, 6) is -0.708. The minimum atomic E-state index is -0.334. The smallest absolute Gasteiger partial charge is 0.261 e. The second-order valence-electron chi connectivity index (χ2n) is 4.72. The van der Waals surface area contributed by atoms with E-state index in [1.165, 1.54) is 18.2 Å². The van der Waals surface area contributed by atoms with Gasteiger partial charge in [-0.05, 0) is 25.0 Å². The number of alkyl halides is 1. The number of carbonyl (C=O) groups excluding carboxylic acids is 1. The largest absolute Gasteiger partial charge is 0.507 e. The lowest BCUT2D eigenvalue weighted by Crippen LogP contribution is -2.41. The van der Waals surface area contributed by atoms with E-state index in [1.807, 2.05) is 0 Å². The monoisotopic (exact) mass is 343 g/mol. The van der Waals surface area contributed by atoms with Gasteiger partial charge in [-0.15, -0.1) is 0 Å². The first-order valence-electron chi connectivity index (χ1n) is 6.61. The van der Waals surface area contributed by atoms with E-state index in [4.69, 9.17) is 4.74 Å². The van der Waals surface area contributed by atoms with Crippen LogP contribution in [0.2, 0.25) is 0 Å². The maximum atomic E-state index is 12.3. The predicted octanol–water partition coefficient (Wildman–Crippen LogP) is 2.11. The number of carbonyl (C=O) groups is 1. The van der Waals surface area contributed by atoms with Crippen molar-refractivity contribution < 1.29 is 19.7 Å². The summed E-state index contributed by atoms with van der Waals surface area (Å²) >= 11 is 3.31. The van der Waals surface area contributed by atoms with E-state index >= 15 is 0 Å². The van der Waals surface area contributed by atoms with E-state index in [-0.39, 0.29) is 29.1 Å². The highest BCUT2D eigenvalue weighted by Crippen LogP contribution is 2.28. The third kappa shape index (κ3) is 3.43. The van der Waals surface area contributed by atoms with E-state index in [2.05, 4.69) is 15.9 Å². The number of phenols is 2. The average molecular weight is 344 g/mol. The molecule has 0 radical (unpaired) electrons. The molecule has 6 heteroatoms. The van der Waals surface area contributed by atoms with Crippen LogP contribution in [0.15, 0.2) is 18.2 Å². The van der Waals surface area contributed by atoms with Gasteiger partial charge in [0.1, 0.15) is 17.1 Å². The molecule has 0 bridgehead atoms. The summed E-state index contributed by atoms with van der Waals surface area (Å²) in [6, 6.07) is 4.30. The highest BCUT2D eigenvalue weighted by molar-refractivity contribution is 9.09. The number of halogens is 1. The third-order valence-electron chi connectivity index (χ3n) is 3.39. The molecule has 1 amide bonds. The average Bonchev–Trinajstić information content (AvgIpc) is 2.45. The Bertz CT molecular complexity index is 452. The number of hydrogen-bond donors (Lipinski definition) is 2. The van der Waals surface area contributed by atoms with E-state index < -0.39 is 0 Å². The number of rotatable bonds is 4. The van der Waals surface area contributed by atoms with Gasteiger partial charge in [-0.2, -0.15) is 0 Å². The number of amides is 1. The van der Waals surface area contributed by atoms with Crippen LogP contribution in [0, 0.1) is 0 Å². The summed E-state index contributed by atoms with van der Waals surface area (Å²) in [5.41, 5.74) is -0.0210. The van der Waals surface area contributed by atoms with Gasteiger partial charge in [-0.3, -0.25) is 4.79 Å². The molecule has 110 valence electrons. The SMILES string of the molecule is O=C(c1c(O)cccc1O)N1CCC(OCCBr)CC1. The van der Waals surface area contributed by atoms with Gasteiger partial charge in [0.2, 0.25) is 0 Å². The molecular weight excluding hydrogens is 326 g/mol. The predicted molar refractivity (Wildman–Crippen MR) is 78.4 cm³/mol. The number of hydrogen-bond acceptors (Lipinski definition) is 4. The molecule has 20 heavy (non-hydrogen) atoms. The van der Waals surface area contributed by atoms with Crippen molar-refractivity contribution in [3.05, 3.63) is 23.8 Å². The molecule has 0 aromatic heterocycles. The zero-order valence-corrected chi connectivity index (χ0v) is 12.7. The molecule has 1 aromatic rings. The van der Waals surface area contributed by atoms with Crippen molar-refractivity contribution in [1.29, 1.82) is 0 Å². The molecular formula is C14H18BrNO4. The van der Waals surface area contributed by atoms with Crippen LogP contribution in [0.25, 0.3) is 0 Å². The molecule has 1 aromatic carbocycles. The van der Waals surface area contributed by atoms with Crippen LogP contribution in [0.3, 0.4) is 0 Å². The standard InChI is InChI=1S/C14H18BrNO4/c15-6-9-20-10-4-7-16(8-5-10)14(19)13-11(17)2-1-3-12(13)18/h1-3,10,17-18H,4-9H2. The minimum absolute atomic E-state index is 0.0210. The Morgan fingerprint density at radius 1 is 1.30 bits per heavy atom. The zero-order chi connectivity index (χ0) is 14.5. The quantitative estimate of drug-likeness (QED) is 0.821. The van der Waals surface area contributed by atoms with Crippen LogP contribution in [-0.2, 0) is 4.74 Å². The first kappa shape index (κ1) is 15.1. The number of benzene rings is 1. The summed E-state index contributed by atoms with van der Waals surface area (Å²) < 4.78 is 5.63. The molecule has 0 atom stereocenters. The number of aromatic hydroxyl groups is 2. The fraction of sp³-hybridized carbons (Fsp3) is 0.500. The summed E-state index contributed by atoms with van der Waals surface area (Å²) in [6.45, 7) is 1.80. The molecule has 1 saturated heterocycles. The van der Waals surface area contributed by atoms with E-state index in [0.717, 1.165) is 18.2 Å². The molecule has 0 saturated carbocycles. The first-order valence-corrected chi connectivity index (χ1v) is 7.73. The number of nitrogens with zero attached hydrogens (tertiary/aromatic N) is 1. The van der Waals surface area contributed by atoms with Gasteiger partial charge < -0.3 is 19.8 Å². The Balaban J connectivity index is 1.98. The van der Waals surface area contributed by atoms with Gasteiger partial charge in [0.15, 0.2) is 0 Å². The Morgan fingerprint density at radius 2 is 1.90 bits per heavy atom. The maximum absolute atomic E-state index is 12.3. The molecule has 0 spiro atoms. The second-order valence-corrected chi connectivity index (χ2v) is 5.52. The van der Waals surface area contributed by atoms with Gasteiger partial charge in [-0.25, -0.2) is 0 Å². The van der Waals surface area contributed by atoms with Gasteiger partial charge in [-0.1, -0.05) is 22.0 Å². The van der Waals surface area contributed by atoms with E-state index in [9.17, 15) is 15.0 Å². The van der Waals surface area contributed by atoms with Crippen LogP contribution in [0.4, 0.5) is 0 Å². The van der Waals surface area contributed by atoms with E-state index in [0.29, 0.717) is 19.7 Å². The van der Waals surface area contributed by atoms with Gasteiger partial charge in [0.05, 0.1) is 12.7 Å². The molecule has 1 fully saturated rings. The van der Waals surface area contributed by atoms with Gasteiger partial charge >= 0.3 is 0 Å². The molecule has 2 N–H and O–H groups in total. The normalized spacial score (nSPS) is 16.4.